The van der Waals surface area contributed by atoms with Crippen molar-refractivity contribution in [1.29, 1.82) is 0 Å². The molecule has 2 aromatic heterocycles. The minimum Gasteiger partial charge on any atom is -0.394 e. The number of hydrogen-bond acceptors (Lipinski definition) is 8. The van der Waals surface area contributed by atoms with Crippen LogP contribution in [0.1, 0.15) is 40.4 Å². The first kappa shape index (κ1) is 28.0. The number of piperidine rings is 1. The van der Waals surface area contributed by atoms with Gasteiger partial charge in [0, 0.05) is 31.9 Å². The number of pyridine rings is 1. The van der Waals surface area contributed by atoms with Gasteiger partial charge in [0.15, 0.2) is 0 Å². The standard InChI is InChI=1S/C31H33FN6O4/c32-22-4-1-3-21(14-22)28(17-39)38-10-2-5-25(31(38)41)30(40)34-15-20-6-7-26-27(13-20)36-29(16-33-26)35-23-8-11-37(12-9-23)24-18-42-19-24/h1-7,10,13-14,16,23-24,28,39H,8-9,11-12,15,17-19H2,(H,34,40)(H,35,36)/t28-/m1/s1. The summed E-state index contributed by atoms with van der Waals surface area (Å²) in [5.74, 6) is -0.307. The van der Waals surface area contributed by atoms with E-state index in [9.17, 15) is 19.1 Å². The number of benzene rings is 2. The fourth-order valence-electron chi connectivity index (χ4n) is 5.56. The highest BCUT2D eigenvalue weighted by Crippen LogP contribution is 2.22. The van der Waals surface area contributed by atoms with Crippen LogP contribution in [0.2, 0.25) is 0 Å². The SMILES string of the molecule is O=C(NCc1ccc2ncc(NC3CCN(C4COC4)CC3)nc2c1)c1cccn([C@H](CO)c2cccc(F)c2)c1=O. The number of aromatic nitrogens is 3. The van der Waals surface area contributed by atoms with E-state index in [1.165, 1.54) is 35.0 Å². The van der Waals surface area contributed by atoms with Gasteiger partial charge in [-0.2, -0.15) is 0 Å². The van der Waals surface area contributed by atoms with Crippen molar-refractivity contribution in [3.05, 3.63) is 99.9 Å². The van der Waals surface area contributed by atoms with E-state index in [2.05, 4.69) is 20.5 Å². The number of aliphatic hydroxyl groups excluding tert-OH is 1. The maximum Gasteiger partial charge on any atom is 0.264 e. The fraction of sp³-hybridized carbons (Fsp3) is 0.355. The summed E-state index contributed by atoms with van der Waals surface area (Å²) in [6.45, 7) is 3.49. The lowest BCUT2D eigenvalue weighted by Gasteiger charge is -2.41. The molecule has 0 spiro atoms. The Bertz CT molecular complexity index is 1630. The number of nitrogens with one attached hydrogen (secondary N) is 2. The minimum atomic E-state index is -0.826. The van der Waals surface area contributed by atoms with Crippen LogP contribution in [0, 0.1) is 5.82 Å². The molecule has 0 unspecified atom stereocenters. The second kappa shape index (κ2) is 12.4. The van der Waals surface area contributed by atoms with Gasteiger partial charge >= 0.3 is 0 Å². The number of nitrogens with zero attached hydrogens (tertiary/aromatic N) is 4. The summed E-state index contributed by atoms with van der Waals surface area (Å²) < 4.78 is 20.3. The van der Waals surface area contributed by atoms with Crippen molar-refractivity contribution < 1.29 is 19.0 Å². The highest BCUT2D eigenvalue weighted by atomic mass is 19.1. The van der Waals surface area contributed by atoms with Crippen molar-refractivity contribution in [3.63, 3.8) is 0 Å². The predicted molar refractivity (Wildman–Crippen MR) is 156 cm³/mol. The Morgan fingerprint density at radius 1 is 1.10 bits per heavy atom. The molecule has 0 aliphatic carbocycles. The quantitative estimate of drug-likeness (QED) is 0.280. The van der Waals surface area contributed by atoms with Gasteiger partial charge in [-0.25, -0.2) is 9.37 Å². The predicted octanol–water partition coefficient (Wildman–Crippen LogP) is 2.72. The third kappa shape index (κ3) is 6.03. The monoisotopic (exact) mass is 572 g/mol. The molecule has 11 heteroatoms. The van der Waals surface area contributed by atoms with Crippen LogP contribution in [0.25, 0.3) is 11.0 Å². The van der Waals surface area contributed by atoms with Crippen LogP contribution in [-0.4, -0.2) is 75.4 Å². The highest BCUT2D eigenvalue weighted by molar-refractivity contribution is 5.93. The molecule has 1 amide bonds. The van der Waals surface area contributed by atoms with Crippen molar-refractivity contribution in [3.8, 4) is 0 Å². The molecule has 2 aromatic carbocycles. The average Bonchev–Trinajstić information content (AvgIpc) is 2.97. The number of ether oxygens (including phenoxy) is 1. The van der Waals surface area contributed by atoms with Gasteiger partial charge in [-0.3, -0.25) is 19.5 Å². The molecule has 2 aliphatic heterocycles. The normalized spacial score (nSPS) is 17.1. The van der Waals surface area contributed by atoms with E-state index in [4.69, 9.17) is 9.72 Å². The zero-order valence-electron chi connectivity index (χ0n) is 23.1. The van der Waals surface area contributed by atoms with Gasteiger partial charge in [0.25, 0.3) is 11.5 Å². The van der Waals surface area contributed by atoms with Gasteiger partial charge < -0.3 is 25.0 Å². The molecule has 6 rings (SSSR count). The summed E-state index contributed by atoms with van der Waals surface area (Å²) in [5.41, 5.74) is 2.04. The Hall–Kier alpha value is -4.19. The molecule has 0 saturated carbocycles. The molecular formula is C31H33FN6O4. The Morgan fingerprint density at radius 3 is 2.67 bits per heavy atom. The molecule has 10 nitrogen and oxygen atoms in total. The molecule has 218 valence electrons. The molecule has 1 atom stereocenters. The van der Waals surface area contributed by atoms with Crippen LogP contribution in [0.5, 0.6) is 0 Å². The summed E-state index contributed by atoms with van der Waals surface area (Å²) in [6, 6.07) is 14.3. The van der Waals surface area contributed by atoms with Crippen molar-refractivity contribution in [1.82, 2.24) is 24.8 Å². The van der Waals surface area contributed by atoms with Crippen LogP contribution < -0.4 is 16.2 Å². The second-order valence-corrected chi connectivity index (χ2v) is 10.8. The van der Waals surface area contributed by atoms with Gasteiger partial charge in [0.1, 0.15) is 17.2 Å². The molecule has 2 fully saturated rings. The van der Waals surface area contributed by atoms with E-state index in [1.54, 1.807) is 18.3 Å². The van der Waals surface area contributed by atoms with Crippen LogP contribution in [0.3, 0.4) is 0 Å². The third-order valence-electron chi connectivity index (χ3n) is 8.04. The summed E-state index contributed by atoms with van der Waals surface area (Å²) in [4.78, 5) is 38.0. The van der Waals surface area contributed by atoms with Gasteiger partial charge in [0.05, 0.1) is 49.1 Å². The van der Waals surface area contributed by atoms with Crippen molar-refractivity contribution in [2.45, 2.75) is 37.5 Å². The minimum absolute atomic E-state index is 0.0738. The van der Waals surface area contributed by atoms with E-state index < -0.39 is 29.9 Å². The summed E-state index contributed by atoms with van der Waals surface area (Å²) in [5, 5.41) is 16.3. The molecule has 42 heavy (non-hydrogen) atoms. The highest BCUT2D eigenvalue weighted by Gasteiger charge is 2.29. The van der Waals surface area contributed by atoms with E-state index in [-0.39, 0.29) is 12.1 Å². The van der Waals surface area contributed by atoms with Gasteiger partial charge in [-0.1, -0.05) is 18.2 Å². The summed E-state index contributed by atoms with van der Waals surface area (Å²) in [7, 11) is 0. The lowest BCUT2D eigenvalue weighted by Crippen LogP contribution is -2.53. The van der Waals surface area contributed by atoms with Crippen molar-refractivity contribution in [2.75, 3.05) is 38.2 Å². The van der Waals surface area contributed by atoms with Crippen LogP contribution in [0.4, 0.5) is 10.2 Å². The molecule has 4 heterocycles. The Morgan fingerprint density at radius 2 is 1.93 bits per heavy atom. The Balaban J connectivity index is 1.11. The van der Waals surface area contributed by atoms with E-state index in [0.717, 1.165) is 56.0 Å². The maximum absolute atomic E-state index is 13.8. The first-order chi connectivity index (χ1) is 20.5. The molecule has 4 aromatic rings. The Kier molecular flexibility index (Phi) is 8.22. The third-order valence-corrected chi connectivity index (χ3v) is 8.04. The van der Waals surface area contributed by atoms with Gasteiger partial charge in [-0.05, 0) is 60.4 Å². The summed E-state index contributed by atoms with van der Waals surface area (Å²) in [6.07, 6.45) is 5.29. The first-order valence-electron chi connectivity index (χ1n) is 14.2. The zero-order valence-corrected chi connectivity index (χ0v) is 23.1. The molecule has 2 aliphatic rings. The molecule has 3 N–H and O–H groups in total. The van der Waals surface area contributed by atoms with Gasteiger partial charge in [-0.15, -0.1) is 0 Å². The van der Waals surface area contributed by atoms with Crippen molar-refractivity contribution >= 4 is 22.8 Å². The number of fused-ring (bicyclic) bond motifs is 1. The molecule has 0 radical (unpaired) electrons. The van der Waals surface area contributed by atoms with E-state index in [0.29, 0.717) is 23.2 Å². The smallest absolute Gasteiger partial charge is 0.264 e. The lowest BCUT2D eigenvalue weighted by molar-refractivity contribution is -0.0705. The molecular weight excluding hydrogens is 539 g/mol. The topological polar surface area (TPSA) is 122 Å². The van der Waals surface area contributed by atoms with Crippen LogP contribution in [0.15, 0.2) is 71.8 Å². The van der Waals surface area contributed by atoms with Gasteiger partial charge in [0.2, 0.25) is 0 Å². The van der Waals surface area contributed by atoms with E-state index in [1.807, 2.05) is 18.2 Å². The second-order valence-electron chi connectivity index (χ2n) is 10.8. The number of aliphatic hydroxyl groups is 1. The fourth-order valence-corrected chi connectivity index (χ4v) is 5.56. The van der Waals surface area contributed by atoms with Crippen LogP contribution >= 0.6 is 0 Å². The van der Waals surface area contributed by atoms with Crippen molar-refractivity contribution in [2.24, 2.45) is 0 Å². The summed E-state index contributed by atoms with van der Waals surface area (Å²) >= 11 is 0. The molecule has 0 bridgehead atoms. The van der Waals surface area contributed by atoms with Crippen LogP contribution in [-0.2, 0) is 11.3 Å². The number of hydrogen-bond donors (Lipinski definition) is 3. The number of carbonyl (C=O) groups excluding carboxylic acids is 1. The largest absolute Gasteiger partial charge is 0.394 e. The molecule has 2 saturated heterocycles. The lowest BCUT2D eigenvalue weighted by atomic mass is 10.0. The zero-order chi connectivity index (χ0) is 29.1. The first-order valence-corrected chi connectivity index (χ1v) is 14.2. The number of rotatable bonds is 9. The average molecular weight is 573 g/mol. The Labute approximate surface area is 242 Å². The van der Waals surface area contributed by atoms with E-state index >= 15 is 0 Å². The number of halogens is 1. The number of amides is 1. The number of carbonyl (C=O) groups is 1. The number of anilines is 1. The maximum atomic E-state index is 13.8. The number of likely N-dealkylation sites (tertiary alicyclic amines) is 1.